The SMILES string of the molecule is COCc1ncc(-c2cnc(CCc3cccc4c3CCO4)n3cnnc23)cc1C. The number of benzene rings is 1. The third-order valence-corrected chi connectivity index (χ3v) is 5.65. The molecule has 5 rings (SSSR count). The number of fused-ring (bicyclic) bond motifs is 2. The molecule has 0 spiro atoms. The molecule has 0 atom stereocenters. The van der Waals surface area contributed by atoms with Crippen LogP contribution in [0.2, 0.25) is 0 Å². The topological polar surface area (TPSA) is 74.4 Å². The van der Waals surface area contributed by atoms with E-state index in [1.54, 1.807) is 13.4 Å². The Labute approximate surface area is 174 Å². The average Bonchev–Trinajstić information content (AvgIpc) is 3.43. The van der Waals surface area contributed by atoms with Crippen LogP contribution in [0.1, 0.15) is 28.2 Å². The van der Waals surface area contributed by atoms with Gasteiger partial charge in [-0.05, 0) is 36.6 Å². The number of rotatable bonds is 6. The van der Waals surface area contributed by atoms with E-state index < -0.39 is 0 Å². The van der Waals surface area contributed by atoms with Crippen molar-refractivity contribution in [3.05, 3.63) is 71.2 Å². The molecule has 1 aliphatic heterocycles. The minimum Gasteiger partial charge on any atom is -0.493 e. The van der Waals surface area contributed by atoms with Crippen molar-refractivity contribution < 1.29 is 9.47 Å². The fourth-order valence-corrected chi connectivity index (χ4v) is 4.07. The number of pyridine rings is 1. The predicted octanol–water partition coefficient (Wildman–Crippen LogP) is 3.36. The summed E-state index contributed by atoms with van der Waals surface area (Å²) in [7, 11) is 1.67. The number of aromatic nitrogens is 5. The Bertz CT molecular complexity index is 1220. The molecule has 1 aliphatic rings. The van der Waals surface area contributed by atoms with Crippen LogP contribution in [0.4, 0.5) is 0 Å². The van der Waals surface area contributed by atoms with Gasteiger partial charge in [0.05, 0.1) is 18.9 Å². The molecule has 4 aromatic rings. The first kappa shape index (κ1) is 18.7. The molecule has 0 bridgehead atoms. The normalized spacial score (nSPS) is 12.9. The number of aryl methyl sites for hydroxylation is 3. The van der Waals surface area contributed by atoms with Crippen molar-refractivity contribution in [1.29, 1.82) is 0 Å². The fourth-order valence-electron chi connectivity index (χ4n) is 4.07. The van der Waals surface area contributed by atoms with Crippen LogP contribution < -0.4 is 4.74 Å². The molecule has 0 saturated heterocycles. The Hall–Kier alpha value is -3.32. The zero-order valence-corrected chi connectivity index (χ0v) is 17.1. The molecular weight excluding hydrogens is 378 g/mol. The van der Waals surface area contributed by atoms with Crippen LogP contribution in [0.3, 0.4) is 0 Å². The van der Waals surface area contributed by atoms with E-state index in [9.17, 15) is 0 Å². The van der Waals surface area contributed by atoms with Crippen molar-refractivity contribution in [3.63, 3.8) is 0 Å². The minimum absolute atomic E-state index is 0.498. The summed E-state index contributed by atoms with van der Waals surface area (Å²) < 4.78 is 12.9. The van der Waals surface area contributed by atoms with Gasteiger partial charge in [-0.1, -0.05) is 12.1 Å². The van der Waals surface area contributed by atoms with E-state index in [0.29, 0.717) is 6.61 Å². The first-order chi connectivity index (χ1) is 14.7. The molecule has 0 fully saturated rings. The molecule has 0 radical (unpaired) electrons. The third-order valence-electron chi connectivity index (χ3n) is 5.65. The van der Waals surface area contributed by atoms with Gasteiger partial charge in [0, 0.05) is 49.0 Å². The second kappa shape index (κ2) is 7.84. The van der Waals surface area contributed by atoms with E-state index in [0.717, 1.165) is 65.5 Å². The standard InChI is InChI=1S/C23H23N5O2/c1-15-10-17(11-24-20(15)13-29-2)19-12-25-22(28-14-26-27-23(19)28)7-6-16-4-3-5-21-18(16)8-9-30-21/h3-5,10-12,14H,6-9,13H2,1-2H3. The van der Waals surface area contributed by atoms with E-state index >= 15 is 0 Å². The summed E-state index contributed by atoms with van der Waals surface area (Å²) in [6, 6.07) is 8.39. The molecule has 152 valence electrons. The molecule has 0 amide bonds. The van der Waals surface area contributed by atoms with E-state index in [1.165, 1.54) is 11.1 Å². The summed E-state index contributed by atoms with van der Waals surface area (Å²) >= 11 is 0. The summed E-state index contributed by atoms with van der Waals surface area (Å²) in [5.41, 5.74) is 7.35. The zero-order chi connectivity index (χ0) is 20.5. The van der Waals surface area contributed by atoms with Crippen LogP contribution in [0.25, 0.3) is 16.8 Å². The molecular formula is C23H23N5O2. The lowest BCUT2D eigenvalue weighted by Crippen LogP contribution is -2.05. The molecule has 1 aromatic carbocycles. The molecule has 4 heterocycles. The van der Waals surface area contributed by atoms with Gasteiger partial charge in [-0.3, -0.25) is 9.38 Å². The van der Waals surface area contributed by atoms with Gasteiger partial charge in [-0.2, -0.15) is 0 Å². The largest absolute Gasteiger partial charge is 0.493 e. The second-order valence-corrected chi connectivity index (χ2v) is 7.53. The lowest BCUT2D eigenvalue weighted by Gasteiger charge is -2.11. The first-order valence-electron chi connectivity index (χ1n) is 10.1. The van der Waals surface area contributed by atoms with Crippen LogP contribution in [0, 0.1) is 6.92 Å². The molecule has 3 aromatic heterocycles. The summed E-state index contributed by atoms with van der Waals surface area (Å²) in [5, 5.41) is 8.50. The molecule has 30 heavy (non-hydrogen) atoms. The van der Waals surface area contributed by atoms with Crippen LogP contribution in [-0.4, -0.2) is 38.3 Å². The van der Waals surface area contributed by atoms with Gasteiger partial charge in [0.15, 0.2) is 5.65 Å². The quantitative estimate of drug-likeness (QED) is 0.493. The molecule has 7 nitrogen and oxygen atoms in total. The van der Waals surface area contributed by atoms with Crippen LogP contribution in [0.5, 0.6) is 5.75 Å². The third kappa shape index (κ3) is 3.31. The Balaban J connectivity index is 1.45. The Morgan fingerprint density at radius 3 is 2.97 bits per heavy atom. The molecule has 0 aliphatic carbocycles. The highest BCUT2D eigenvalue weighted by molar-refractivity contribution is 5.76. The second-order valence-electron chi connectivity index (χ2n) is 7.53. The van der Waals surface area contributed by atoms with Crippen LogP contribution in [-0.2, 0) is 30.6 Å². The first-order valence-corrected chi connectivity index (χ1v) is 10.1. The van der Waals surface area contributed by atoms with Crippen molar-refractivity contribution in [2.45, 2.75) is 32.8 Å². The van der Waals surface area contributed by atoms with E-state index in [4.69, 9.17) is 14.5 Å². The monoisotopic (exact) mass is 401 g/mol. The molecule has 0 saturated carbocycles. The van der Waals surface area contributed by atoms with E-state index in [2.05, 4.69) is 33.4 Å². The number of methoxy groups -OCH3 is 1. The van der Waals surface area contributed by atoms with Gasteiger partial charge in [0.1, 0.15) is 17.9 Å². The van der Waals surface area contributed by atoms with Gasteiger partial charge >= 0.3 is 0 Å². The van der Waals surface area contributed by atoms with Crippen molar-refractivity contribution in [3.8, 4) is 16.9 Å². The number of ether oxygens (including phenoxy) is 2. The van der Waals surface area contributed by atoms with Gasteiger partial charge in [-0.25, -0.2) is 4.98 Å². The van der Waals surface area contributed by atoms with Crippen molar-refractivity contribution in [1.82, 2.24) is 24.6 Å². The Kier molecular flexibility index (Phi) is 4.88. The van der Waals surface area contributed by atoms with Gasteiger partial charge in [0.25, 0.3) is 0 Å². The highest BCUT2D eigenvalue weighted by Gasteiger charge is 2.17. The number of hydrogen-bond acceptors (Lipinski definition) is 6. The molecule has 0 N–H and O–H groups in total. The van der Waals surface area contributed by atoms with Crippen molar-refractivity contribution in [2.24, 2.45) is 0 Å². The fraction of sp³-hybridized carbons (Fsp3) is 0.304. The van der Waals surface area contributed by atoms with Gasteiger partial charge in [-0.15, -0.1) is 10.2 Å². The smallest absolute Gasteiger partial charge is 0.171 e. The maximum Gasteiger partial charge on any atom is 0.171 e. The minimum atomic E-state index is 0.498. The van der Waals surface area contributed by atoms with Gasteiger partial charge in [0.2, 0.25) is 0 Å². The van der Waals surface area contributed by atoms with Crippen molar-refractivity contribution >= 4 is 5.65 Å². The molecule has 0 unspecified atom stereocenters. The number of nitrogens with zero attached hydrogens (tertiary/aromatic N) is 5. The molecule has 7 heteroatoms. The van der Waals surface area contributed by atoms with Crippen LogP contribution >= 0.6 is 0 Å². The van der Waals surface area contributed by atoms with Crippen LogP contribution in [0.15, 0.2) is 43.0 Å². The summed E-state index contributed by atoms with van der Waals surface area (Å²) in [5.74, 6) is 1.96. The summed E-state index contributed by atoms with van der Waals surface area (Å²) in [6.45, 7) is 3.30. The van der Waals surface area contributed by atoms with Gasteiger partial charge < -0.3 is 9.47 Å². The summed E-state index contributed by atoms with van der Waals surface area (Å²) in [6.07, 6.45) is 8.14. The summed E-state index contributed by atoms with van der Waals surface area (Å²) in [4.78, 5) is 9.30. The number of hydrogen-bond donors (Lipinski definition) is 0. The van der Waals surface area contributed by atoms with Crippen molar-refractivity contribution in [2.75, 3.05) is 13.7 Å². The Morgan fingerprint density at radius 1 is 1.17 bits per heavy atom. The Morgan fingerprint density at radius 2 is 2.10 bits per heavy atom. The van der Waals surface area contributed by atoms with E-state index in [-0.39, 0.29) is 0 Å². The predicted molar refractivity (Wildman–Crippen MR) is 113 cm³/mol. The highest BCUT2D eigenvalue weighted by Crippen LogP contribution is 2.29. The lowest BCUT2D eigenvalue weighted by molar-refractivity contribution is 0.181. The lowest BCUT2D eigenvalue weighted by atomic mass is 10.0. The average molecular weight is 401 g/mol. The zero-order valence-electron chi connectivity index (χ0n) is 17.1. The highest BCUT2D eigenvalue weighted by atomic mass is 16.5. The van der Waals surface area contributed by atoms with E-state index in [1.807, 2.05) is 29.8 Å². The maximum atomic E-state index is 5.69. The maximum absolute atomic E-state index is 5.69.